The number of urea groups is 1. The minimum atomic E-state index is -0.110. The van der Waals surface area contributed by atoms with Gasteiger partial charge in [-0.3, -0.25) is 0 Å². The fourth-order valence-electron chi connectivity index (χ4n) is 2.48. The summed E-state index contributed by atoms with van der Waals surface area (Å²) in [5.41, 5.74) is 0.736. The lowest BCUT2D eigenvalue weighted by Gasteiger charge is -2.31. The maximum atomic E-state index is 12.2. The van der Waals surface area contributed by atoms with Gasteiger partial charge in [0, 0.05) is 31.5 Å². The lowest BCUT2D eigenvalue weighted by Crippen LogP contribution is -2.43. The van der Waals surface area contributed by atoms with E-state index in [4.69, 9.17) is 4.74 Å². The van der Waals surface area contributed by atoms with Gasteiger partial charge >= 0.3 is 6.03 Å². The standard InChI is InChI=1S/C16H24N2O3/c1-2-9-21-15-7-3-6-14(10-15)17-16(20)18-8-4-5-13(11-18)12-19/h3,6-7,10,13,19H,2,4-5,8-9,11-12H2,1H3,(H,17,20). The fraction of sp³-hybridized carbons (Fsp3) is 0.562. The van der Waals surface area contributed by atoms with Gasteiger partial charge in [0.25, 0.3) is 0 Å². The maximum absolute atomic E-state index is 12.2. The molecule has 2 rings (SSSR count). The molecule has 0 spiro atoms. The van der Waals surface area contributed by atoms with Crippen LogP contribution in [-0.4, -0.2) is 42.3 Å². The molecule has 2 amide bonds. The number of carbonyl (C=O) groups is 1. The molecule has 0 radical (unpaired) electrons. The second-order valence-corrected chi connectivity index (χ2v) is 5.44. The third-order valence-corrected chi connectivity index (χ3v) is 3.62. The van der Waals surface area contributed by atoms with E-state index >= 15 is 0 Å². The Balaban J connectivity index is 1.92. The van der Waals surface area contributed by atoms with Gasteiger partial charge in [-0.25, -0.2) is 4.79 Å². The number of ether oxygens (including phenoxy) is 1. The molecule has 5 heteroatoms. The van der Waals surface area contributed by atoms with Gasteiger partial charge < -0.3 is 20.1 Å². The van der Waals surface area contributed by atoms with Gasteiger partial charge in [-0.15, -0.1) is 0 Å². The van der Waals surface area contributed by atoms with E-state index in [0.717, 1.165) is 37.2 Å². The van der Waals surface area contributed by atoms with Gasteiger partial charge in [0.15, 0.2) is 0 Å². The summed E-state index contributed by atoms with van der Waals surface area (Å²) in [7, 11) is 0. The Kier molecular flexibility index (Phi) is 5.87. The van der Waals surface area contributed by atoms with E-state index in [1.165, 1.54) is 0 Å². The van der Waals surface area contributed by atoms with Crippen molar-refractivity contribution in [2.24, 2.45) is 5.92 Å². The molecule has 0 aromatic heterocycles. The number of hydrogen-bond donors (Lipinski definition) is 2. The topological polar surface area (TPSA) is 61.8 Å². The zero-order valence-electron chi connectivity index (χ0n) is 12.5. The van der Waals surface area contributed by atoms with Gasteiger partial charge in [0.2, 0.25) is 0 Å². The van der Waals surface area contributed by atoms with Crippen LogP contribution in [-0.2, 0) is 0 Å². The Labute approximate surface area is 125 Å². The van der Waals surface area contributed by atoms with Crippen molar-refractivity contribution in [1.82, 2.24) is 4.90 Å². The summed E-state index contributed by atoms with van der Waals surface area (Å²) in [5.74, 6) is 0.963. The average molecular weight is 292 g/mol. The molecule has 1 saturated heterocycles. The smallest absolute Gasteiger partial charge is 0.321 e. The SMILES string of the molecule is CCCOc1cccc(NC(=O)N2CCCC(CO)C2)c1. The number of carbonyl (C=O) groups excluding carboxylic acids is 1. The molecule has 5 nitrogen and oxygen atoms in total. The number of piperidine rings is 1. The van der Waals surface area contributed by atoms with Gasteiger partial charge in [-0.2, -0.15) is 0 Å². The lowest BCUT2D eigenvalue weighted by atomic mass is 9.99. The molecule has 0 bridgehead atoms. The minimum Gasteiger partial charge on any atom is -0.494 e. The van der Waals surface area contributed by atoms with Crippen molar-refractivity contribution in [2.45, 2.75) is 26.2 Å². The monoisotopic (exact) mass is 292 g/mol. The number of nitrogens with one attached hydrogen (secondary N) is 1. The summed E-state index contributed by atoms with van der Waals surface area (Å²) in [6, 6.07) is 7.33. The quantitative estimate of drug-likeness (QED) is 0.877. The number of likely N-dealkylation sites (tertiary alicyclic amines) is 1. The zero-order valence-corrected chi connectivity index (χ0v) is 12.5. The van der Waals surface area contributed by atoms with Crippen molar-refractivity contribution in [3.63, 3.8) is 0 Å². The number of anilines is 1. The molecule has 1 fully saturated rings. The molecule has 21 heavy (non-hydrogen) atoms. The molecular weight excluding hydrogens is 268 g/mol. The number of aliphatic hydroxyl groups is 1. The van der Waals surface area contributed by atoms with Crippen LogP contribution in [0.15, 0.2) is 24.3 Å². The van der Waals surface area contributed by atoms with Gasteiger partial charge in [-0.1, -0.05) is 13.0 Å². The van der Waals surface area contributed by atoms with Crippen LogP contribution in [0.5, 0.6) is 5.75 Å². The summed E-state index contributed by atoms with van der Waals surface area (Å²) >= 11 is 0. The first-order valence-electron chi connectivity index (χ1n) is 7.62. The van der Waals surface area contributed by atoms with E-state index in [1.54, 1.807) is 4.90 Å². The Morgan fingerprint density at radius 1 is 1.52 bits per heavy atom. The number of nitrogens with zero attached hydrogens (tertiary/aromatic N) is 1. The Hall–Kier alpha value is -1.75. The molecule has 1 aliphatic rings. The Morgan fingerprint density at radius 3 is 3.14 bits per heavy atom. The number of benzene rings is 1. The van der Waals surface area contributed by atoms with Crippen molar-refractivity contribution in [2.75, 3.05) is 31.6 Å². The van der Waals surface area contributed by atoms with Crippen LogP contribution >= 0.6 is 0 Å². The van der Waals surface area contributed by atoms with Crippen LogP contribution in [0.3, 0.4) is 0 Å². The lowest BCUT2D eigenvalue weighted by molar-refractivity contribution is 0.136. The molecule has 1 aromatic carbocycles. The van der Waals surface area contributed by atoms with Crippen LogP contribution in [0.25, 0.3) is 0 Å². The van der Waals surface area contributed by atoms with Crippen LogP contribution in [0.4, 0.5) is 10.5 Å². The van der Waals surface area contributed by atoms with Crippen LogP contribution in [0.1, 0.15) is 26.2 Å². The highest BCUT2D eigenvalue weighted by atomic mass is 16.5. The molecule has 0 aliphatic carbocycles. The average Bonchev–Trinajstić information content (AvgIpc) is 2.53. The molecule has 0 saturated carbocycles. The third kappa shape index (κ3) is 4.63. The van der Waals surface area contributed by atoms with Crippen molar-refractivity contribution >= 4 is 11.7 Å². The van der Waals surface area contributed by atoms with E-state index in [2.05, 4.69) is 12.2 Å². The third-order valence-electron chi connectivity index (χ3n) is 3.62. The molecule has 1 atom stereocenters. The predicted molar refractivity (Wildman–Crippen MR) is 82.6 cm³/mol. The normalized spacial score (nSPS) is 18.4. The van der Waals surface area contributed by atoms with Crippen molar-refractivity contribution in [3.8, 4) is 5.75 Å². The van der Waals surface area contributed by atoms with Crippen molar-refractivity contribution < 1.29 is 14.6 Å². The molecule has 1 aliphatic heterocycles. The number of rotatable bonds is 5. The van der Waals surface area contributed by atoms with Crippen LogP contribution in [0, 0.1) is 5.92 Å². The number of hydrogen-bond acceptors (Lipinski definition) is 3. The Morgan fingerprint density at radius 2 is 2.38 bits per heavy atom. The van der Waals surface area contributed by atoms with Crippen molar-refractivity contribution in [3.05, 3.63) is 24.3 Å². The fourth-order valence-corrected chi connectivity index (χ4v) is 2.48. The first kappa shape index (κ1) is 15.6. The molecule has 1 unspecified atom stereocenters. The van der Waals surface area contributed by atoms with Gasteiger partial charge in [0.1, 0.15) is 5.75 Å². The van der Waals surface area contributed by atoms with E-state index in [-0.39, 0.29) is 18.6 Å². The second kappa shape index (κ2) is 7.88. The first-order valence-corrected chi connectivity index (χ1v) is 7.62. The molecule has 2 N–H and O–H groups in total. The largest absolute Gasteiger partial charge is 0.494 e. The van der Waals surface area contributed by atoms with E-state index in [1.807, 2.05) is 24.3 Å². The summed E-state index contributed by atoms with van der Waals surface area (Å²) in [4.78, 5) is 14.0. The maximum Gasteiger partial charge on any atom is 0.321 e. The number of aliphatic hydroxyl groups excluding tert-OH is 1. The Bertz CT molecular complexity index is 465. The predicted octanol–water partition coefficient (Wildman–Crippen LogP) is 2.71. The minimum absolute atomic E-state index is 0.110. The molecular formula is C16H24N2O3. The van der Waals surface area contributed by atoms with Gasteiger partial charge in [0.05, 0.1) is 6.61 Å². The van der Waals surface area contributed by atoms with E-state index in [9.17, 15) is 9.90 Å². The second-order valence-electron chi connectivity index (χ2n) is 5.44. The van der Waals surface area contributed by atoms with E-state index in [0.29, 0.717) is 13.2 Å². The van der Waals surface area contributed by atoms with Gasteiger partial charge in [-0.05, 0) is 37.3 Å². The summed E-state index contributed by atoms with van der Waals surface area (Å²) in [6.45, 7) is 4.23. The summed E-state index contributed by atoms with van der Waals surface area (Å²) < 4.78 is 5.56. The summed E-state index contributed by atoms with van der Waals surface area (Å²) in [6.07, 6.45) is 2.88. The van der Waals surface area contributed by atoms with E-state index < -0.39 is 0 Å². The highest BCUT2D eigenvalue weighted by Gasteiger charge is 2.23. The molecule has 116 valence electrons. The number of amides is 2. The van der Waals surface area contributed by atoms with Crippen molar-refractivity contribution in [1.29, 1.82) is 0 Å². The zero-order chi connectivity index (χ0) is 15.1. The molecule has 1 aromatic rings. The highest BCUT2D eigenvalue weighted by molar-refractivity contribution is 5.89. The highest BCUT2D eigenvalue weighted by Crippen LogP contribution is 2.20. The van der Waals surface area contributed by atoms with Crippen LogP contribution < -0.4 is 10.1 Å². The molecule has 1 heterocycles. The first-order chi connectivity index (χ1) is 10.2. The van der Waals surface area contributed by atoms with Crippen LogP contribution in [0.2, 0.25) is 0 Å². The summed E-state index contributed by atoms with van der Waals surface area (Å²) in [5, 5.41) is 12.1.